The fraction of sp³-hybridized carbons (Fsp3) is 0.360. The van der Waals surface area contributed by atoms with E-state index in [4.69, 9.17) is 29.3 Å². The predicted molar refractivity (Wildman–Crippen MR) is 140 cm³/mol. The van der Waals surface area contributed by atoms with Crippen LogP contribution in [0.4, 0.5) is 10.5 Å². The van der Waals surface area contributed by atoms with E-state index in [1.165, 1.54) is 12.2 Å². The van der Waals surface area contributed by atoms with E-state index >= 15 is 0 Å². The number of nitrogens with two attached hydrogens (primary N) is 1. The molecule has 1 aromatic heterocycles. The van der Waals surface area contributed by atoms with Gasteiger partial charge >= 0.3 is 6.03 Å². The number of unbranched alkanes of at least 4 members (excludes halogenated alkanes) is 2. The Labute approximate surface area is 217 Å². The molecule has 3 N–H and O–H groups in total. The average molecular weight is 521 g/mol. The summed E-state index contributed by atoms with van der Waals surface area (Å²) in [5, 5.41) is 8.28. The lowest BCUT2D eigenvalue weighted by atomic mass is 10.0. The monoisotopic (exact) mass is 520 g/mol. The van der Waals surface area contributed by atoms with E-state index < -0.39 is 0 Å². The van der Waals surface area contributed by atoms with Crippen molar-refractivity contribution >= 4 is 24.1 Å². The molecule has 2 amide bonds. The molecule has 3 rings (SSSR count). The Hall–Kier alpha value is -3.47. The van der Waals surface area contributed by atoms with Crippen LogP contribution in [0.5, 0.6) is 17.2 Å². The van der Waals surface area contributed by atoms with Gasteiger partial charge in [-0.2, -0.15) is 5.06 Å². The number of benzene rings is 2. The Morgan fingerprint density at radius 3 is 2.33 bits per heavy atom. The van der Waals surface area contributed by atoms with Crippen molar-refractivity contribution in [2.75, 3.05) is 46.6 Å². The first-order valence-electron chi connectivity index (χ1n) is 11.2. The highest BCUT2D eigenvalue weighted by Gasteiger charge is 2.21. The number of anilines is 1. The maximum atomic E-state index is 12.7. The van der Waals surface area contributed by atoms with Crippen LogP contribution < -0.4 is 30.3 Å². The summed E-state index contributed by atoms with van der Waals surface area (Å²) in [7, 11) is 6.10. The van der Waals surface area contributed by atoms with E-state index in [9.17, 15) is 4.79 Å². The van der Waals surface area contributed by atoms with E-state index in [1.54, 1.807) is 45.8 Å². The molecular weight excluding hydrogens is 488 g/mol. The standard InChI is InChI=1S/C25H32N4O6.ClH/c1-31-21-14-18(15-22(32-2)24(21)33-3)23-20(16-35-28-23)17-9-8-10-19(13-17)29(34-4)25(30)27-12-7-5-6-11-26;/h8-10,13-16H,5-7,11-12,26H2,1-4H3,(H,27,30);1H. The summed E-state index contributed by atoms with van der Waals surface area (Å²) in [6.45, 7) is 1.18. The molecule has 1 heterocycles. The van der Waals surface area contributed by atoms with Crippen molar-refractivity contribution in [3.63, 3.8) is 0 Å². The summed E-state index contributed by atoms with van der Waals surface area (Å²) in [5.74, 6) is 1.48. The average Bonchev–Trinajstić information content (AvgIpc) is 3.38. The second kappa shape index (κ2) is 14.2. The van der Waals surface area contributed by atoms with Crippen LogP contribution in [-0.2, 0) is 4.84 Å². The number of methoxy groups -OCH3 is 3. The lowest BCUT2D eigenvalue weighted by molar-refractivity contribution is 0.163. The topological polar surface area (TPSA) is 121 Å². The number of aromatic nitrogens is 1. The first-order valence-corrected chi connectivity index (χ1v) is 11.2. The summed E-state index contributed by atoms with van der Waals surface area (Å²) >= 11 is 0. The maximum Gasteiger partial charge on any atom is 0.346 e. The molecule has 2 aromatic carbocycles. The molecule has 11 heteroatoms. The first-order chi connectivity index (χ1) is 17.1. The van der Waals surface area contributed by atoms with Crippen molar-refractivity contribution in [1.82, 2.24) is 10.5 Å². The summed E-state index contributed by atoms with van der Waals surface area (Å²) in [6, 6.07) is 10.6. The molecule has 0 saturated carbocycles. The van der Waals surface area contributed by atoms with E-state index in [1.807, 2.05) is 18.2 Å². The zero-order valence-electron chi connectivity index (χ0n) is 20.9. The molecule has 0 fully saturated rings. The molecule has 196 valence electrons. The summed E-state index contributed by atoms with van der Waals surface area (Å²) in [6.07, 6.45) is 4.28. The van der Waals surface area contributed by atoms with E-state index in [2.05, 4.69) is 10.5 Å². The third-order valence-electron chi connectivity index (χ3n) is 5.42. The lowest BCUT2D eigenvalue weighted by Gasteiger charge is -2.21. The number of carbonyl (C=O) groups excluding carboxylic acids is 1. The van der Waals surface area contributed by atoms with Gasteiger partial charge in [-0.3, -0.25) is 4.84 Å². The highest BCUT2D eigenvalue weighted by atomic mass is 35.5. The molecule has 0 saturated heterocycles. The molecule has 36 heavy (non-hydrogen) atoms. The molecule has 0 atom stereocenters. The van der Waals surface area contributed by atoms with Crippen LogP contribution in [0, 0.1) is 0 Å². The molecule has 0 aliphatic carbocycles. The van der Waals surface area contributed by atoms with Crippen molar-refractivity contribution in [2.45, 2.75) is 19.3 Å². The van der Waals surface area contributed by atoms with Gasteiger partial charge in [0.15, 0.2) is 11.5 Å². The maximum absolute atomic E-state index is 12.7. The number of hydroxylamine groups is 1. The highest BCUT2D eigenvalue weighted by Crippen LogP contribution is 2.43. The summed E-state index contributed by atoms with van der Waals surface area (Å²) < 4.78 is 21.7. The lowest BCUT2D eigenvalue weighted by Crippen LogP contribution is -2.39. The van der Waals surface area contributed by atoms with Gasteiger partial charge in [0.05, 0.1) is 34.1 Å². The SMILES string of the molecule is COc1cc(-c2nocc2-c2cccc(N(OC)C(=O)NCCCCCN)c2)cc(OC)c1OC.Cl. The number of amides is 2. The zero-order chi connectivity index (χ0) is 25.2. The fourth-order valence-corrected chi connectivity index (χ4v) is 3.69. The quantitative estimate of drug-likeness (QED) is 0.261. The molecule has 0 aliphatic heterocycles. The van der Waals surface area contributed by atoms with Crippen LogP contribution in [0.2, 0.25) is 0 Å². The van der Waals surface area contributed by atoms with Gasteiger partial charge in [-0.05, 0) is 49.2 Å². The predicted octanol–water partition coefficient (Wildman–Crippen LogP) is 4.66. The Kier molecular flexibility index (Phi) is 11.3. The van der Waals surface area contributed by atoms with Crippen LogP contribution in [0.15, 0.2) is 47.2 Å². The van der Waals surface area contributed by atoms with Gasteiger partial charge in [0.2, 0.25) is 5.75 Å². The van der Waals surface area contributed by atoms with Crippen molar-refractivity contribution in [2.24, 2.45) is 5.73 Å². The fourth-order valence-electron chi connectivity index (χ4n) is 3.69. The van der Waals surface area contributed by atoms with Gasteiger partial charge in [-0.1, -0.05) is 23.7 Å². The van der Waals surface area contributed by atoms with Crippen LogP contribution in [-0.4, -0.2) is 52.7 Å². The molecule has 3 aromatic rings. The minimum Gasteiger partial charge on any atom is -0.493 e. The van der Waals surface area contributed by atoms with Gasteiger partial charge in [-0.15, -0.1) is 12.4 Å². The number of hydrogen-bond acceptors (Lipinski definition) is 8. The van der Waals surface area contributed by atoms with Gasteiger partial charge in [0.25, 0.3) is 0 Å². The van der Waals surface area contributed by atoms with E-state index in [0.29, 0.717) is 47.3 Å². The molecule has 0 aliphatic rings. The van der Waals surface area contributed by atoms with Crippen LogP contribution in [0.25, 0.3) is 22.4 Å². The molecular formula is C25H33ClN4O6. The van der Waals surface area contributed by atoms with Gasteiger partial charge in [0.1, 0.15) is 12.0 Å². The third kappa shape index (κ3) is 6.60. The Bertz CT molecular complexity index is 1100. The van der Waals surface area contributed by atoms with Gasteiger partial charge < -0.3 is 29.8 Å². The first kappa shape index (κ1) is 28.8. The second-order valence-corrected chi connectivity index (χ2v) is 7.60. The van der Waals surface area contributed by atoms with Crippen molar-refractivity contribution in [3.8, 4) is 39.6 Å². The number of carbonyl (C=O) groups is 1. The highest BCUT2D eigenvalue weighted by molar-refractivity contribution is 5.91. The van der Waals surface area contributed by atoms with Gasteiger partial charge in [-0.25, -0.2) is 4.79 Å². The zero-order valence-corrected chi connectivity index (χ0v) is 21.7. The second-order valence-electron chi connectivity index (χ2n) is 7.60. The summed E-state index contributed by atoms with van der Waals surface area (Å²) in [5.41, 5.74) is 8.87. The number of nitrogens with one attached hydrogen (secondary N) is 1. The van der Waals surface area contributed by atoms with Crippen molar-refractivity contribution in [1.29, 1.82) is 0 Å². The number of urea groups is 1. The van der Waals surface area contributed by atoms with Gasteiger partial charge in [0, 0.05) is 17.7 Å². The number of ether oxygens (including phenoxy) is 3. The van der Waals surface area contributed by atoms with Crippen molar-refractivity contribution < 1.29 is 28.4 Å². The minimum atomic E-state index is -0.354. The Morgan fingerprint density at radius 1 is 1.00 bits per heavy atom. The van der Waals surface area contributed by atoms with Crippen LogP contribution >= 0.6 is 12.4 Å². The Morgan fingerprint density at radius 2 is 1.72 bits per heavy atom. The molecule has 0 unspecified atom stereocenters. The number of halogens is 1. The smallest absolute Gasteiger partial charge is 0.346 e. The number of hydrogen-bond donors (Lipinski definition) is 2. The normalized spacial score (nSPS) is 10.4. The molecule has 0 radical (unpaired) electrons. The number of rotatable bonds is 12. The molecule has 0 spiro atoms. The van der Waals surface area contributed by atoms with Crippen LogP contribution in [0.1, 0.15) is 19.3 Å². The Balaban J connectivity index is 0.00000456. The van der Waals surface area contributed by atoms with Crippen LogP contribution in [0.3, 0.4) is 0 Å². The minimum absolute atomic E-state index is 0. The number of nitrogens with zero attached hydrogens (tertiary/aromatic N) is 2. The molecule has 0 bridgehead atoms. The molecule has 10 nitrogen and oxygen atoms in total. The van der Waals surface area contributed by atoms with Crippen molar-refractivity contribution in [3.05, 3.63) is 42.7 Å². The third-order valence-corrected chi connectivity index (χ3v) is 5.42. The van der Waals surface area contributed by atoms with E-state index in [-0.39, 0.29) is 18.4 Å². The largest absolute Gasteiger partial charge is 0.493 e. The van der Waals surface area contributed by atoms with E-state index in [0.717, 1.165) is 30.4 Å². The summed E-state index contributed by atoms with van der Waals surface area (Å²) in [4.78, 5) is 18.1.